The SMILES string of the molecule is CCCCNC(=O)C(C)Oc1ccc(S(N)(=O)=O)cc1. The molecule has 1 rings (SSSR count). The number of amides is 1. The summed E-state index contributed by atoms with van der Waals surface area (Å²) in [6.45, 7) is 4.29. The predicted molar refractivity (Wildman–Crippen MR) is 75.8 cm³/mol. The van der Waals surface area contributed by atoms with Crippen molar-refractivity contribution < 1.29 is 17.9 Å². The molecule has 6 nitrogen and oxygen atoms in total. The van der Waals surface area contributed by atoms with E-state index in [1.54, 1.807) is 6.92 Å². The monoisotopic (exact) mass is 300 g/mol. The molecule has 1 aromatic carbocycles. The van der Waals surface area contributed by atoms with E-state index in [1.807, 2.05) is 6.92 Å². The Hall–Kier alpha value is -1.60. The molecule has 0 aliphatic heterocycles. The molecular formula is C13H20N2O4S. The number of rotatable bonds is 7. The van der Waals surface area contributed by atoms with Gasteiger partial charge in [0.1, 0.15) is 5.75 Å². The minimum absolute atomic E-state index is 0.00454. The van der Waals surface area contributed by atoms with E-state index in [-0.39, 0.29) is 10.8 Å². The molecular weight excluding hydrogens is 280 g/mol. The van der Waals surface area contributed by atoms with Gasteiger partial charge in [0.15, 0.2) is 6.10 Å². The Morgan fingerprint density at radius 1 is 1.35 bits per heavy atom. The Balaban J connectivity index is 2.58. The van der Waals surface area contributed by atoms with Crippen LogP contribution < -0.4 is 15.2 Å². The van der Waals surface area contributed by atoms with Crippen LogP contribution in [0.25, 0.3) is 0 Å². The topological polar surface area (TPSA) is 98.5 Å². The highest BCUT2D eigenvalue weighted by molar-refractivity contribution is 7.89. The van der Waals surface area contributed by atoms with E-state index < -0.39 is 16.1 Å². The van der Waals surface area contributed by atoms with Crippen LogP contribution in [0.4, 0.5) is 0 Å². The molecule has 0 aromatic heterocycles. The van der Waals surface area contributed by atoms with Crippen LogP contribution in [0, 0.1) is 0 Å². The van der Waals surface area contributed by atoms with Crippen molar-refractivity contribution in [1.29, 1.82) is 0 Å². The number of hydrogen-bond donors (Lipinski definition) is 2. The van der Waals surface area contributed by atoms with Crippen LogP contribution in [0.1, 0.15) is 26.7 Å². The molecule has 112 valence electrons. The highest BCUT2D eigenvalue weighted by Gasteiger charge is 2.14. The van der Waals surface area contributed by atoms with E-state index in [2.05, 4.69) is 5.32 Å². The van der Waals surface area contributed by atoms with E-state index >= 15 is 0 Å². The first-order chi connectivity index (χ1) is 9.34. The Morgan fingerprint density at radius 3 is 2.45 bits per heavy atom. The molecule has 0 radical (unpaired) electrons. The van der Waals surface area contributed by atoms with Gasteiger partial charge in [-0.25, -0.2) is 13.6 Å². The number of benzene rings is 1. The molecule has 0 spiro atoms. The Bertz CT molecular complexity index is 540. The summed E-state index contributed by atoms with van der Waals surface area (Å²) in [5.74, 6) is 0.213. The molecule has 0 aliphatic rings. The molecule has 0 saturated heterocycles. The quantitative estimate of drug-likeness (QED) is 0.734. The van der Waals surface area contributed by atoms with Gasteiger partial charge in [-0.2, -0.15) is 0 Å². The van der Waals surface area contributed by atoms with Crippen LogP contribution in [0.15, 0.2) is 29.2 Å². The number of ether oxygens (including phenoxy) is 1. The van der Waals surface area contributed by atoms with Gasteiger partial charge in [-0.1, -0.05) is 13.3 Å². The molecule has 20 heavy (non-hydrogen) atoms. The van der Waals surface area contributed by atoms with E-state index in [9.17, 15) is 13.2 Å². The average Bonchev–Trinajstić information content (AvgIpc) is 2.38. The first-order valence-electron chi connectivity index (χ1n) is 6.42. The fourth-order valence-electron chi connectivity index (χ4n) is 1.50. The number of hydrogen-bond acceptors (Lipinski definition) is 4. The van der Waals surface area contributed by atoms with E-state index in [0.717, 1.165) is 12.8 Å². The maximum atomic E-state index is 11.7. The zero-order valence-corrected chi connectivity index (χ0v) is 12.4. The van der Waals surface area contributed by atoms with Gasteiger partial charge < -0.3 is 10.1 Å². The number of nitrogens with two attached hydrogens (primary N) is 1. The molecule has 7 heteroatoms. The third-order valence-corrected chi connectivity index (χ3v) is 3.59. The maximum Gasteiger partial charge on any atom is 0.260 e. The summed E-state index contributed by atoms with van der Waals surface area (Å²) >= 11 is 0. The summed E-state index contributed by atoms with van der Waals surface area (Å²) in [5, 5.41) is 7.75. The number of nitrogens with one attached hydrogen (secondary N) is 1. The fraction of sp³-hybridized carbons (Fsp3) is 0.462. The zero-order chi connectivity index (χ0) is 15.2. The van der Waals surface area contributed by atoms with Crippen molar-refractivity contribution in [1.82, 2.24) is 5.32 Å². The number of carbonyl (C=O) groups excluding carboxylic acids is 1. The smallest absolute Gasteiger partial charge is 0.260 e. The molecule has 3 N–H and O–H groups in total. The Labute approximate surface area is 119 Å². The lowest BCUT2D eigenvalue weighted by atomic mass is 10.3. The molecule has 0 aliphatic carbocycles. The summed E-state index contributed by atoms with van der Waals surface area (Å²) in [6, 6.07) is 5.61. The third kappa shape index (κ3) is 5.18. The first kappa shape index (κ1) is 16.5. The van der Waals surface area contributed by atoms with Gasteiger partial charge in [-0.05, 0) is 37.6 Å². The summed E-state index contributed by atoms with van der Waals surface area (Å²) in [5.41, 5.74) is 0. The third-order valence-electron chi connectivity index (χ3n) is 2.66. The highest BCUT2D eigenvalue weighted by atomic mass is 32.2. The number of unbranched alkanes of at least 4 members (excludes halogenated alkanes) is 1. The van der Waals surface area contributed by atoms with Crippen LogP contribution in [-0.4, -0.2) is 27.0 Å². The second-order valence-corrected chi connectivity index (χ2v) is 5.98. The van der Waals surface area contributed by atoms with Crippen molar-refractivity contribution in [3.8, 4) is 5.75 Å². The summed E-state index contributed by atoms with van der Waals surface area (Å²) in [6.07, 6.45) is 1.28. The number of carbonyl (C=O) groups is 1. The lowest BCUT2D eigenvalue weighted by Crippen LogP contribution is -2.36. The average molecular weight is 300 g/mol. The Morgan fingerprint density at radius 2 is 1.95 bits per heavy atom. The molecule has 1 amide bonds. The molecule has 0 saturated carbocycles. The van der Waals surface area contributed by atoms with E-state index in [4.69, 9.17) is 9.88 Å². The highest BCUT2D eigenvalue weighted by Crippen LogP contribution is 2.16. The molecule has 1 atom stereocenters. The fourth-order valence-corrected chi connectivity index (χ4v) is 2.01. The molecule has 1 aromatic rings. The van der Waals surface area contributed by atoms with Crippen LogP contribution in [0.5, 0.6) is 5.75 Å². The molecule has 0 fully saturated rings. The minimum Gasteiger partial charge on any atom is -0.481 e. The van der Waals surface area contributed by atoms with Crippen LogP contribution in [0.3, 0.4) is 0 Å². The summed E-state index contributed by atoms with van der Waals surface area (Å²) in [4.78, 5) is 11.7. The van der Waals surface area contributed by atoms with Crippen molar-refractivity contribution in [2.24, 2.45) is 5.14 Å². The Kier molecular flexibility index (Phi) is 5.97. The number of sulfonamides is 1. The molecule has 0 bridgehead atoms. The standard InChI is InChI=1S/C13H20N2O4S/c1-3-4-9-15-13(16)10(2)19-11-5-7-12(8-6-11)20(14,17)18/h5-8,10H,3-4,9H2,1-2H3,(H,15,16)(H2,14,17,18). The zero-order valence-electron chi connectivity index (χ0n) is 11.6. The predicted octanol–water partition coefficient (Wildman–Crippen LogP) is 1.02. The number of primary sulfonamides is 1. The molecule has 0 heterocycles. The van der Waals surface area contributed by atoms with Crippen molar-refractivity contribution >= 4 is 15.9 Å². The van der Waals surface area contributed by atoms with Gasteiger partial charge in [0.2, 0.25) is 10.0 Å². The molecule has 1 unspecified atom stereocenters. The minimum atomic E-state index is -3.71. The van der Waals surface area contributed by atoms with E-state index in [0.29, 0.717) is 12.3 Å². The lowest BCUT2D eigenvalue weighted by Gasteiger charge is -2.14. The van der Waals surface area contributed by atoms with Gasteiger partial charge in [0.05, 0.1) is 4.90 Å². The maximum absolute atomic E-state index is 11.7. The van der Waals surface area contributed by atoms with Gasteiger partial charge in [-0.15, -0.1) is 0 Å². The van der Waals surface area contributed by atoms with Crippen molar-refractivity contribution in [2.45, 2.75) is 37.7 Å². The van der Waals surface area contributed by atoms with E-state index in [1.165, 1.54) is 24.3 Å². The van der Waals surface area contributed by atoms with Crippen molar-refractivity contribution in [2.75, 3.05) is 6.54 Å². The van der Waals surface area contributed by atoms with Gasteiger partial charge in [0, 0.05) is 6.54 Å². The second-order valence-electron chi connectivity index (χ2n) is 4.42. The van der Waals surface area contributed by atoms with Crippen LogP contribution in [0.2, 0.25) is 0 Å². The van der Waals surface area contributed by atoms with Gasteiger partial charge >= 0.3 is 0 Å². The van der Waals surface area contributed by atoms with Gasteiger partial charge in [-0.3, -0.25) is 4.79 Å². The second kappa shape index (κ2) is 7.25. The van der Waals surface area contributed by atoms with Gasteiger partial charge in [0.25, 0.3) is 5.91 Å². The van der Waals surface area contributed by atoms with Crippen molar-refractivity contribution in [3.05, 3.63) is 24.3 Å². The van der Waals surface area contributed by atoms with Crippen LogP contribution in [-0.2, 0) is 14.8 Å². The first-order valence-corrected chi connectivity index (χ1v) is 7.96. The summed E-state index contributed by atoms with van der Waals surface area (Å²) < 4.78 is 27.6. The van der Waals surface area contributed by atoms with Crippen molar-refractivity contribution in [3.63, 3.8) is 0 Å². The normalized spacial score (nSPS) is 12.8. The lowest BCUT2D eigenvalue weighted by molar-refractivity contribution is -0.127. The van der Waals surface area contributed by atoms with Crippen LogP contribution >= 0.6 is 0 Å². The largest absolute Gasteiger partial charge is 0.481 e. The summed E-state index contributed by atoms with van der Waals surface area (Å²) in [7, 11) is -3.71.